The summed E-state index contributed by atoms with van der Waals surface area (Å²) in [6.45, 7) is 0. The molecule has 0 aliphatic heterocycles. The number of methoxy groups -OCH3 is 1. The lowest BCUT2D eigenvalue weighted by molar-refractivity contribution is 0.415. The van der Waals surface area contributed by atoms with Crippen molar-refractivity contribution < 1.29 is 4.74 Å². The molecule has 0 N–H and O–H groups in total. The van der Waals surface area contributed by atoms with E-state index in [2.05, 4.69) is 37.7 Å². The normalized spacial score (nSPS) is 11.1. The molecule has 3 heterocycles. The molecule has 0 spiro atoms. The van der Waals surface area contributed by atoms with Gasteiger partial charge in [-0.2, -0.15) is 0 Å². The number of ether oxygens (including phenoxy) is 1. The molecule has 0 aliphatic carbocycles. The van der Waals surface area contributed by atoms with Crippen LogP contribution in [0.15, 0.2) is 76.5 Å². The number of rotatable bonds is 5. The second kappa shape index (κ2) is 7.89. The van der Waals surface area contributed by atoms with E-state index in [1.165, 1.54) is 11.8 Å². The zero-order valence-electron chi connectivity index (χ0n) is 16.3. The maximum atomic E-state index is 5.28. The lowest BCUT2D eigenvalue weighted by Crippen LogP contribution is -1.95. The van der Waals surface area contributed by atoms with E-state index in [1.807, 2.05) is 54.1 Å². The molecule has 6 nitrogen and oxygen atoms in total. The molecular weight excluding hydrogens is 414 g/mol. The predicted molar refractivity (Wildman–Crippen MR) is 120 cm³/mol. The van der Waals surface area contributed by atoms with Crippen molar-refractivity contribution in [2.24, 2.45) is 7.05 Å². The smallest absolute Gasteiger partial charge is 0.197 e. The topological polar surface area (TPSA) is 65.7 Å². The number of hydrogen-bond acceptors (Lipinski definition) is 7. The average Bonchev–Trinajstić information content (AvgIpc) is 3.39. The summed E-state index contributed by atoms with van der Waals surface area (Å²) in [7, 11) is 3.64. The van der Waals surface area contributed by atoms with Gasteiger partial charge in [0.25, 0.3) is 0 Å². The highest BCUT2D eigenvalue weighted by molar-refractivity contribution is 7.99. The van der Waals surface area contributed by atoms with Crippen molar-refractivity contribution in [3.8, 4) is 28.3 Å². The Morgan fingerprint density at radius 1 is 0.933 bits per heavy atom. The first-order chi connectivity index (χ1) is 14.7. The first-order valence-corrected chi connectivity index (χ1v) is 10.9. The summed E-state index contributed by atoms with van der Waals surface area (Å²) in [4.78, 5) is 9.98. The fraction of sp³-hybridized carbons (Fsp3) is 0.0909. The maximum absolute atomic E-state index is 5.28. The standard InChI is InChI=1S/C22H17N5OS2/c1-27-19(15-6-4-3-5-7-15)25-26-22(27)30-21-18-17(12-29-20(18)23-13-24-21)14-8-10-16(28-2)11-9-14/h3-13H,1-2H3. The van der Waals surface area contributed by atoms with Gasteiger partial charge >= 0.3 is 0 Å². The first-order valence-electron chi connectivity index (χ1n) is 9.24. The van der Waals surface area contributed by atoms with E-state index in [-0.39, 0.29) is 0 Å². The van der Waals surface area contributed by atoms with Crippen LogP contribution in [0, 0.1) is 0 Å². The summed E-state index contributed by atoms with van der Waals surface area (Å²) in [6, 6.07) is 18.1. The molecule has 5 aromatic rings. The van der Waals surface area contributed by atoms with Crippen molar-refractivity contribution in [3.63, 3.8) is 0 Å². The minimum atomic E-state index is 0.778. The Morgan fingerprint density at radius 3 is 2.50 bits per heavy atom. The molecule has 0 radical (unpaired) electrons. The summed E-state index contributed by atoms with van der Waals surface area (Å²) in [6.07, 6.45) is 1.60. The molecule has 2 aromatic carbocycles. The van der Waals surface area contributed by atoms with Crippen LogP contribution >= 0.6 is 23.1 Å². The van der Waals surface area contributed by atoms with Crippen LogP contribution in [0.25, 0.3) is 32.7 Å². The fourth-order valence-electron chi connectivity index (χ4n) is 3.24. The lowest BCUT2D eigenvalue weighted by Gasteiger charge is -2.06. The minimum Gasteiger partial charge on any atom is -0.497 e. The number of benzene rings is 2. The van der Waals surface area contributed by atoms with Gasteiger partial charge in [-0.25, -0.2) is 9.97 Å². The molecule has 5 rings (SSSR count). The van der Waals surface area contributed by atoms with Crippen LogP contribution in [-0.4, -0.2) is 31.8 Å². The van der Waals surface area contributed by atoms with Crippen LogP contribution in [0.3, 0.4) is 0 Å². The summed E-state index contributed by atoms with van der Waals surface area (Å²) >= 11 is 3.11. The van der Waals surface area contributed by atoms with Crippen molar-refractivity contribution in [3.05, 3.63) is 66.3 Å². The number of nitrogens with zero attached hydrogens (tertiary/aromatic N) is 5. The Bertz CT molecular complexity index is 1310. The van der Waals surface area contributed by atoms with Gasteiger partial charge in [0.1, 0.15) is 21.9 Å². The summed E-state index contributed by atoms with van der Waals surface area (Å²) in [5, 5.41) is 13.6. The highest BCUT2D eigenvalue weighted by Crippen LogP contribution is 2.40. The van der Waals surface area contributed by atoms with Gasteiger partial charge in [-0.3, -0.25) is 0 Å². The Balaban J connectivity index is 1.56. The fourth-order valence-corrected chi connectivity index (χ4v) is 5.10. The van der Waals surface area contributed by atoms with Gasteiger partial charge in [0, 0.05) is 23.6 Å². The second-order valence-corrected chi connectivity index (χ2v) is 8.38. The first kappa shape index (κ1) is 18.8. The molecule has 0 aliphatic rings. The monoisotopic (exact) mass is 431 g/mol. The third-order valence-electron chi connectivity index (χ3n) is 4.79. The van der Waals surface area contributed by atoms with E-state index < -0.39 is 0 Å². The molecule has 0 amide bonds. The molecule has 0 saturated heterocycles. The molecule has 0 unspecified atom stereocenters. The zero-order valence-corrected chi connectivity index (χ0v) is 17.9. The molecule has 148 valence electrons. The van der Waals surface area contributed by atoms with Gasteiger partial charge in [0.05, 0.1) is 12.5 Å². The Morgan fingerprint density at radius 2 is 1.73 bits per heavy atom. The van der Waals surface area contributed by atoms with Crippen molar-refractivity contribution in [2.75, 3.05) is 7.11 Å². The van der Waals surface area contributed by atoms with Crippen LogP contribution in [0.4, 0.5) is 0 Å². The lowest BCUT2D eigenvalue weighted by atomic mass is 10.1. The van der Waals surface area contributed by atoms with Crippen molar-refractivity contribution in [1.29, 1.82) is 0 Å². The summed E-state index contributed by atoms with van der Waals surface area (Å²) in [5.41, 5.74) is 3.23. The number of fused-ring (bicyclic) bond motifs is 1. The van der Waals surface area contributed by atoms with E-state index in [0.717, 1.165) is 48.7 Å². The Labute approximate surface area is 181 Å². The largest absolute Gasteiger partial charge is 0.497 e. The maximum Gasteiger partial charge on any atom is 0.197 e. The molecule has 0 fully saturated rings. The molecule has 8 heteroatoms. The van der Waals surface area contributed by atoms with E-state index in [4.69, 9.17) is 4.74 Å². The number of aromatic nitrogens is 5. The van der Waals surface area contributed by atoms with Crippen LogP contribution in [0.2, 0.25) is 0 Å². The Kier molecular flexibility index (Phi) is 4.94. The van der Waals surface area contributed by atoms with Gasteiger partial charge < -0.3 is 9.30 Å². The molecule has 0 bridgehead atoms. The van der Waals surface area contributed by atoms with Gasteiger partial charge in [-0.15, -0.1) is 21.5 Å². The van der Waals surface area contributed by atoms with E-state index >= 15 is 0 Å². The van der Waals surface area contributed by atoms with Gasteiger partial charge in [0.2, 0.25) is 0 Å². The molecule has 0 atom stereocenters. The van der Waals surface area contributed by atoms with E-state index in [0.29, 0.717) is 0 Å². The van der Waals surface area contributed by atoms with Gasteiger partial charge in [-0.1, -0.05) is 42.5 Å². The second-order valence-electron chi connectivity index (χ2n) is 6.57. The molecular formula is C22H17N5OS2. The highest BCUT2D eigenvalue weighted by Gasteiger charge is 2.18. The van der Waals surface area contributed by atoms with Crippen LogP contribution in [0.5, 0.6) is 5.75 Å². The summed E-state index contributed by atoms with van der Waals surface area (Å²) in [5.74, 6) is 1.65. The molecule has 30 heavy (non-hydrogen) atoms. The van der Waals surface area contributed by atoms with Crippen LogP contribution in [0.1, 0.15) is 0 Å². The number of thiophene rings is 1. The van der Waals surface area contributed by atoms with E-state index in [9.17, 15) is 0 Å². The van der Waals surface area contributed by atoms with Crippen molar-refractivity contribution in [2.45, 2.75) is 10.2 Å². The summed E-state index contributed by atoms with van der Waals surface area (Å²) < 4.78 is 7.28. The average molecular weight is 432 g/mol. The van der Waals surface area contributed by atoms with Gasteiger partial charge in [0.15, 0.2) is 11.0 Å². The SMILES string of the molecule is COc1ccc(-c2csc3ncnc(Sc4nnc(-c5ccccc5)n4C)c23)cc1. The third-order valence-corrected chi connectivity index (χ3v) is 6.72. The Hall–Kier alpha value is -3.23. The van der Waals surface area contributed by atoms with Crippen molar-refractivity contribution in [1.82, 2.24) is 24.7 Å². The van der Waals surface area contributed by atoms with Crippen molar-refractivity contribution >= 4 is 33.3 Å². The third kappa shape index (κ3) is 3.34. The molecule has 3 aromatic heterocycles. The predicted octanol–water partition coefficient (Wildman–Crippen LogP) is 5.31. The number of hydrogen-bond donors (Lipinski definition) is 0. The molecule has 0 saturated carbocycles. The van der Waals surface area contributed by atoms with E-state index in [1.54, 1.807) is 24.8 Å². The quantitative estimate of drug-likeness (QED) is 0.351. The van der Waals surface area contributed by atoms with Crippen LogP contribution < -0.4 is 4.74 Å². The minimum absolute atomic E-state index is 0.778. The van der Waals surface area contributed by atoms with Crippen LogP contribution in [-0.2, 0) is 7.05 Å². The highest BCUT2D eigenvalue weighted by atomic mass is 32.2. The van der Waals surface area contributed by atoms with Gasteiger partial charge in [-0.05, 0) is 29.5 Å². The zero-order chi connectivity index (χ0) is 20.5.